The van der Waals surface area contributed by atoms with E-state index in [1.807, 2.05) is 0 Å². The van der Waals surface area contributed by atoms with Gasteiger partial charge in [-0.1, -0.05) is 0 Å². The fourth-order valence-electron chi connectivity index (χ4n) is 1.87. The second-order valence-corrected chi connectivity index (χ2v) is 4.04. The number of benzene rings is 1. The van der Waals surface area contributed by atoms with Gasteiger partial charge in [0, 0.05) is 19.3 Å². The molecule has 0 radical (unpaired) electrons. The number of hydrogen-bond acceptors (Lipinski definition) is 3. The Morgan fingerprint density at radius 1 is 1.42 bits per heavy atom. The topological polar surface area (TPSA) is 96.2 Å². The number of amides is 2. The van der Waals surface area contributed by atoms with Crippen LogP contribution in [0.1, 0.15) is 17.3 Å². The fourth-order valence-corrected chi connectivity index (χ4v) is 1.87. The predicted molar refractivity (Wildman–Crippen MR) is 70.4 cm³/mol. The van der Waals surface area contributed by atoms with Crippen molar-refractivity contribution >= 4 is 28.7 Å². The van der Waals surface area contributed by atoms with E-state index < -0.39 is 5.97 Å². The van der Waals surface area contributed by atoms with Crippen molar-refractivity contribution in [1.29, 1.82) is 0 Å². The SMILES string of the molecule is CCNC(=O)Nc1cc(C(=O)O)c2c(c1)ncn2C. The summed E-state index contributed by atoms with van der Waals surface area (Å²) in [6, 6.07) is 2.67. The number of carbonyl (C=O) groups excluding carboxylic acids is 1. The third kappa shape index (κ3) is 2.49. The Hall–Kier alpha value is -2.57. The van der Waals surface area contributed by atoms with Crippen molar-refractivity contribution in [3.8, 4) is 0 Å². The van der Waals surface area contributed by atoms with Crippen molar-refractivity contribution in [2.75, 3.05) is 11.9 Å². The molecule has 2 amide bonds. The number of carboxylic acid groups (broad SMARTS) is 1. The Bertz CT molecular complexity index is 648. The van der Waals surface area contributed by atoms with Gasteiger partial charge in [0.25, 0.3) is 0 Å². The van der Waals surface area contributed by atoms with Crippen LogP contribution in [0.25, 0.3) is 11.0 Å². The van der Waals surface area contributed by atoms with Gasteiger partial charge in [-0.2, -0.15) is 0 Å². The quantitative estimate of drug-likeness (QED) is 0.779. The van der Waals surface area contributed by atoms with E-state index in [9.17, 15) is 14.7 Å². The Kier molecular flexibility index (Phi) is 3.37. The second-order valence-electron chi connectivity index (χ2n) is 4.04. The summed E-state index contributed by atoms with van der Waals surface area (Å²) >= 11 is 0. The second kappa shape index (κ2) is 4.97. The van der Waals surface area contributed by atoms with E-state index in [1.165, 1.54) is 12.4 Å². The first-order valence-electron chi connectivity index (χ1n) is 5.76. The molecule has 19 heavy (non-hydrogen) atoms. The Morgan fingerprint density at radius 3 is 2.79 bits per heavy atom. The average molecular weight is 262 g/mol. The maximum Gasteiger partial charge on any atom is 0.337 e. The number of imidazole rings is 1. The molecule has 0 unspecified atom stereocenters. The molecule has 2 rings (SSSR count). The lowest BCUT2D eigenvalue weighted by atomic mass is 10.1. The molecule has 0 atom stereocenters. The van der Waals surface area contributed by atoms with Crippen molar-refractivity contribution in [3.63, 3.8) is 0 Å². The van der Waals surface area contributed by atoms with Crippen molar-refractivity contribution < 1.29 is 14.7 Å². The first kappa shape index (κ1) is 12.9. The molecular weight excluding hydrogens is 248 g/mol. The molecular formula is C12H14N4O3. The van der Waals surface area contributed by atoms with Gasteiger partial charge >= 0.3 is 12.0 Å². The number of carbonyl (C=O) groups is 2. The minimum Gasteiger partial charge on any atom is -0.478 e. The van der Waals surface area contributed by atoms with Crippen LogP contribution in [0, 0.1) is 0 Å². The highest BCUT2D eigenvalue weighted by molar-refractivity contribution is 6.04. The number of nitrogens with one attached hydrogen (secondary N) is 2. The van der Waals surface area contributed by atoms with Crippen LogP contribution < -0.4 is 10.6 Å². The third-order valence-electron chi connectivity index (χ3n) is 2.64. The maximum atomic E-state index is 11.4. The number of aromatic nitrogens is 2. The number of aromatic carboxylic acids is 1. The summed E-state index contributed by atoms with van der Waals surface area (Å²) in [5.41, 5.74) is 1.54. The number of fused-ring (bicyclic) bond motifs is 1. The van der Waals surface area contributed by atoms with Gasteiger partial charge in [0.15, 0.2) is 0 Å². The van der Waals surface area contributed by atoms with Crippen LogP contribution in [0.15, 0.2) is 18.5 Å². The average Bonchev–Trinajstić information content (AvgIpc) is 2.70. The van der Waals surface area contributed by atoms with E-state index in [1.54, 1.807) is 24.6 Å². The van der Waals surface area contributed by atoms with Crippen LogP contribution in [0.5, 0.6) is 0 Å². The summed E-state index contributed by atoms with van der Waals surface area (Å²) in [7, 11) is 1.72. The molecule has 7 heteroatoms. The lowest BCUT2D eigenvalue weighted by molar-refractivity contribution is 0.0698. The summed E-state index contributed by atoms with van der Waals surface area (Å²) in [4.78, 5) is 26.8. The highest BCUT2D eigenvalue weighted by Crippen LogP contribution is 2.22. The monoisotopic (exact) mass is 262 g/mol. The molecule has 0 saturated heterocycles. The van der Waals surface area contributed by atoms with E-state index >= 15 is 0 Å². The summed E-state index contributed by atoms with van der Waals surface area (Å²) in [6.45, 7) is 2.29. The highest BCUT2D eigenvalue weighted by Gasteiger charge is 2.15. The van der Waals surface area contributed by atoms with Gasteiger partial charge in [0.05, 0.1) is 22.9 Å². The van der Waals surface area contributed by atoms with Crippen LogP contribution >= 0.6 is 0 Å². The number of nitrogens with zero attached hydrogens (tertiary/aromatic N) is 2. The number of rotatable bonds is 3. The molecule has 1 aromatic heterocycles. The molecule has 0 aliphatic rings. The number of anilines is 1. The Labute approximate surface area is 109 Å². The molecule has 0 saturated carbocycles. The molecule has 0 fully saturated rings. The summed E-state index contributed by atoms with van der Waals surface area (Å²) in [6.07, 6.45) is 1.53. The minimum absolute atomic E-state index is 0.101. The molecule has 1 heterocycles. The summed E-state index contributed by atoms with van der Waals surface area (Å²) < 4.78 is 1.63. The van der Waals surface area contributed by atoms with E-state index in [4.69, 9.17) is 0 Å². The van der Waals surface area contributed by atoms with E-state index in [0.717, 1.165) is 0 Å². The van der Waals surface area contributed by atoms with Gasteiger partial charge in [-0.3, -0.25) is 0 Å². The van der Waals surface area contributed by atoms with Gasteiger partial charge in [0.1, 0.15) is 0 Å². The van der Waals surface area contributed by atoms with Crippen molar-refractivity contribution in [3.05, 3.63) is 24.0 Å². The zero-order chi connectivity index (χ0) is 14.0. The molecule has 0 aliphatic heterocycles. The summed E-state index contributed by atoms with van der Waals surface area (Å²) in [5, 5.41) is 14.4. The lowest BCUT2D eigenvalue weighted by Gasteiger charge is -2.08. The van der Waals surface area contributed by atoms with Crippen molar-refractivity contribution in [1.82, 2.24) is 14.9 Å². The molecule has 0 spiro atoms. The van der Waals surface area contributed by atoms with E-state index in [-0.39, 0.29) is 11.6 Å². The number of carboxylic acids is 1. The van der Waals surface area contributed by atoms with E-state index in [2.05, 4.69) is 15.6 Å². The minimum atomic E-state index is -1.06. The third-order valence-corrected chi connectivity index (χ3v) is 2.64. The molecule has 2 aromatic rings. The smallest absolute Gasteiger partial charge is 0.337 e. The molecule has 0 bridgehead atoms. The van der Waals surface area contributed by atoms with Crippen LogP contribution in [0.2, 0.25) is 0 Å². The van der Waals surface area contributed by atoms with Gasteiger partial charge in [0.2, 0.25) is 0 Å². The first-order chi connectivity index (χ1) is 9.02. The molecule has 1 aromatic carbocycles. The Morgan fingerprint density at radius 2 is 2.16 bits per heavy atom. The van der Waals surface area contributed by atoms with Crippen molar-refractivity contribution in [2.24, 2.45) is 7.05 Å². The van der Waals surface area contributed by atoms with Gasteiger partial charge < -0.3 is 20.3 Å². The van der Waals surface area contributed by atoms with E-state index in [0.29, 0.717) is 23.3 Å². The molecule has 100 valence electrons. The zero-order valence-electron chi connectivity index (χ0n) is 10.6. The first-order valence-corrected chi connectivity index (χ1v) is 5.76. The van der Waals surface area contributed by atoms with Crippen LogP contribution in [0.3, 0.4) is 0 Å². The zero-order valence-corrected chi connectivity index (χ0v) is 10.6. The Balaban J connectivity index is 2.47. The lowest BCUT2D eigenvalue weighted by Crippen LogP contribution is -2.28. The molecule has 0 aliphatic carbocycles. The van der Waals surface area contributed by atoms with Gasteiger partial charge in [-0.25, -0.2) is 14.6 Å². The van der Waals surface area contributed by atoms with Crippen molar-refractivity contribution in [2.45, 2.75) is 6.92 Å². The number of aryl methyl sites for hydroxylation is 1. The van der Waals surface area contributed by atoms with Gasteiger partial charge in [-0.05, 0) is 19.1 Å². The normalized spacial score (nSPS) is 10.4. The van der Waals surface area contributed by atoms with Crippen LogP contribution in [-0.4, -0.2) is 33.2 Å². The maximum absolute atomic E-state index is 11.4. The highest BCUT2D eigenvalue weighted by atomic mass is 16.4. The summed E-state index contributed by atoms with van der Waals surface area (Å²) in [5.74, 6) is -1.06. The van der Waals surface area contributed by atoms with Gasteiger partial charge in [-0.15, -0.1) is 0 Å². The molecule has 7 nitrogen and oxygen atoms in total. The largest absolute Gasteiger partial charge is 0.478 e. The fraction of sp³-hybridized carbons (Fsp3) is 0.250. The predicted octanol–water partition coefficient (Wildman–Crippen LogP) is 1.41. The van der Waals surface area contributed by atoms with Crippen LogP contribution in [0.4, 0.5) is 10.5 Å². The standard InChI is InChI=1S/C12H14N4O3/c1-3-13-12(19)15-7-4-8(11(17)18)10-9(5-7)14-6-16(10)2/h4-6H,3H2,1-2H3,(H,17,18)(H2,13,15,19). The number of urea groups is 1. The number of hydrogen-bond donors (Lipinski definition) is 3. The van der Waals surface area contributed by atoms with Crippen LogP contribution in [-0.2, 0) is 7.05 Å². The molecule has 3 N–H and O–H groups in total.